The molecule has 2 heterocycles. The van der Waals surface area contributed by atoms with E-state index in [1.54, 1.807) is 11.9 Å². The Balaban J connectivity index is 1.61. The van der Waals surface area contributed by atoms with Crippen molar-refractivity contribution in [1.29, 1.82) is 0 Å². The smallest absolute Gasteiger partial charge is 0.228 e. The van der Waals surface area contributed by atoms with Crippen LogP contribution in [0.25, 0.3) is 0 Å². The minimum atomic E-state index is -0.430. The van der Waals surface area contributed by atoms with Gasteiger partial charge >= 0.3 is 0 Å². The number of rotatable bonds is 5. The second kappa shape index (κ2) is 6.55. The summed E-state index contributed by atoms with van der Waals surface area (Å²) in [5.41, 5.74) is 1.70. The van der Waals surface area contributed by atoms with Gasteiger partial charge in [-0.05, 0) is 18.1 Å². The maximum absolute atomic E-state index is 12.4. The molecule has 0 saturated carbocycles. The van der Waals surface area contributed by atoms with Crippen LogP contribution in [0.4, 0.5) is 5.69 Å². The third kappa shape index (κ3) is 3.20. The average molecular weight is 314 g/mol. The Morgan fingerprint density at radius 2 is 2.26 bits per heavy atom. The molecule has 0 spiro atoms. The van der Waals surface area contributed by atoms with Crippen molar-refractivity contribution < 1.29 is 9.59 Å². The van der Waals surface area contributed by atoms with E-state index in [9.17, 15) is 9.59 Å². The zero-order chi connectivity index (χ0) is 16.2. The number of nitrogens with zero attached hydrogens (tertiary/aromatic N) is 4. The first-order valence-electron chi connectivity index (χ1n) is 7.52. The molecule has 0 unspecified atom stereocenters. The number of benzene rings is 1. The summed E-state index contributed by atoms with van der Waals surface area (Å²) in [6.07, 6.45) is 1.55. The predicted octanol–water partition coefficient (Wildman–Crippen LogP) is 0.399. The molecule has 23 heavy (non-hydrogen) atoms. The lowest BCUT2D eigenvalue weighted by Crippen LogP contribution is -2.39. The number of aromatic nitrogens is 4. The van der Waals surface area contributed by atoms with Crippen LogP contribution in [0.15, 0.2) is 24.3 Å². The number of H-pyrrole nitrogens is 1. The maximum atomic E-state index is 12.4. The molecule has 8 heteroatoms. The van der Waals surface area contributed by atoms with Crippen molar-refractivity contribution in [2.45, 2.75) is 25.2 Å². The Morgan fingerprint density at radius 1 is 1.43 bits per heavy atom. The Hall–Kier alpha value is -2.77. The number of anilines is 1. The molecule has 2 amide bonds. The first-order valence-corrected chi connectivity index (χ1v) is 7.52. The quantitative estimate of drug-likeness (QED) is 0.777. The largest absolute Gasteiger partial charge is 0.356 e. The second-order valence-electron chi connectivity index (χ2n) is 5.49. The van der Waals surface area contributed by atoms with Gasteiger partial charge in [0.1, 0.15) is 0 Å². The van der Waals surface area contributed by atoms with Gasteiger partial charge < -0.3 is 10.2 Å². The van der Waals surface area contributed by atoms with Crippen LogP contribution in [0.3, 0.4) is 0 Å². The summed E-state index contributed by atoms with van der Waals surface area (Å²) in [5, 5.41) is 16.5. The highest BCUT2D eigenvalue weighted by molar-refractivity contribution is 6.02. The molecule has 1 aromatic carbocycles. The molecule has 1 aliphatic heterocycles. The number of hydrogen-bond acceptors (Lipinski definition) is 5. The number of nitrogens with one attached hydrogen (secondary N) is 2. The molecule has 2 N–H and O–H groups in total. The second-order valence-corrected chi connectivity index (χ2v) is 5.49. The van der Waals surface area contributed by atoms with Gasteiger partial charge in [-0.2, -0.15) is 5.21 Å². The molecule has 0 aliphatic carbocycles. The fraction of sp³-hybridized carbons (Fsp3) is 0.400. The lowest BCUT2D eigenvalue weighted by molar-refractivity contribution is -0.127. The van der Waals surface area contributed by atoms with E-state index in [2.05, 4.69) is 25.9 Å². The number of aryl methyl sites for hydroxylation is 1. The van der Waals surface area contributed by atoms with Crippen LogP contribution >= 0.6 is 0 Å². The van der Waals surface area contributed by atoms with Gasteiger partial charge in [-0.25, -0.2) is 0 Å². The summed E-state index contributed by atoms with van der Waals surface area (Å²) in [6, 6.07) is 7.53. The molecule has 8 nitrogen and oxygen atoms in total. The van der Waals surface area contributed by atoms with Crippen LogP contribution in [-0.4, -0.2) is 46.0 Å². The molecule has 1 aromatic heterocycles. The van der Waals surface area contributed by atoms with Gasteiger partial charge in [0.25, 0.3) is 0 Å². The van der Waals surface area contributed by atoms with E-state index >= 15 is 0 Å². The Bertz CT molecular complexity index is 700. The molecule has 1 atom stereocenters. The van der Waals surface area contributed by atoms with Gasteiger partial charge in [-0.15, -0.1) is 10.2 Å². The molecule has 0 saturated heterocycles. The summed E-state index contributed by atoms with van der Waals surface area (Å²) >= 11 is 0. The van der Waals surface area contributed by atoms with Crippen molar-refractivity contribution in [2.24, 2.45) is 0 Å². The van der Waals surface area contributed by atoms with E-state index in [0.717, 1.165) is 11.3 Å². The standard InChI is InChI=1S/C15H18N6O2/c1-21-12-6-3-2-5-10(12)11(9-14(21)22)15(23)16-8-4-7-13-17-19-20-18-13/h2-3,5-6,11H,4,7-9H2,1H3,(H,16,23)(H,17,18,19,20)/t11-/m0/s1. The summed E-state index contributed by atoms with van der Waals surface area (Å²) in [4.78, 5) is 26.1. The van der Waals surface area contributed by atoms with E-state index in [-0.39, 0.29) is 18.2 Å². The van der Waals surface area contributed by atoms with Crippen molar-refractivity contribution in [3.63, 3.8) is 0 Å². The fourth-order valence-electron chi connectivity index (χ4n) is 2.75. The molecule has 3 rings (SSSR count). The molecular weight excluding hydrogens is 296 g/mol. The van der Waals surface area contributed by atoms with Gasteiger partial charge in [-0.1, -0.05) is 23.4 Å². The summed E-state index contributed by atoms with van der Waals surface area (Å²) in [5.74, 6) is 0.0294. The Morgan fingerprint density at radius 3 is 3.04 bits per heavy atom. The molecule has 120 valence electrons. The molecule has 0 radical (unpaired) electrons. The number of amides is 2. The van der Waals surface area contributed by atoms with E-state index in [1.165, 1.54) is 0 Å². The number of tetrazole rings is 1. The van der Waals surface area contributed by atoms with Crippen LogP contribution in [0.1, 0.15) is 30.1 Å². The van der Waals surface area contributed by atoms with Crippen molar-refractivity contribution >= 4 is 17.5 Å². The fourth-order valence-corrected chi connectivity index (χ4v) is 2.75. The summed E-state index contributed by atoms with van der Waals surface area (Å²) in [6.45, 7) is 0.510. The molecule has 0 fully saturated rings. The van der Waals surface area contributed by atoms with Crippen molar-refractivity contribution in [3.8, 4) is 0 Å². The van der Waals surface area contributed by atoms with Gasteiger partial charge in [0.15, 0.2) is 5.82 Å². The topological polar surface area (TPSA) is 104 Å². The molecule has 2 aromatic rings. The average Bonchev–Trinajstić information content (AvgIpc) is 3.08. The van der Waals surface area contributed by atoms with Crippen LogP contribution in [-0.2, 0) is 16.0 Å². The number of aromatic amines is 1. The molecule has 1 aliphatic rings. The highest BCUT2D eigenvalue weighted by atomic mass is 16.2. The first kappa shape index (κ1) is 15.1. The number of carbonyl (C=O) groups excluding carboxylic acids is 2. The zero-order valence-electron chi connectivity index (χ0n) is 12.8. The van der Waals surface area contributed by atoms with Crippen LogP contribution in [0, 0.1) is 0 Å². The first-order chi connectivity index (χ1) is 11.2. The van der Waals surface area contributed by atoms with E-state index in [1.807, 2.05) is 24.3 Å². The molecular formula is C15H18N6O2. The Labute approximate surface area is 133 Å². The highest BCUT2D eigenvalue weighted by Crippen LogP contribution is 2.34. The van der Waals surface area contributed by atoms with E-state index < -0.39 is 5.92 Å². The number of carbonyl (C=O) groups is 2. The lowest BCUT2D eigenvalue weighted by atomic mass is 9.89. The minimum Gasteiger partial charge on any atom is -0.356 e. The Kier molecular flexibility index (Phi) is 4.31. The SMILES string of the molecule is CN1C(=O)C[C@H](C(=O)NCCCc2nn[nH]n2)c2ccccc21. The maximum Gasteiger partial charge on any atom is 0.228 e. The van der Waals surface area contributed by atoms with Gasteiger partial charge in [0.05, 0.1) is 5.92 Å². The third-order valence-corrected chi connectivity index (χ3v) is 4.01. The van der Waals surface area contributed by atoms with Crippen LogP contribution in [0.2, 0.25) is 0 Å². The number of hydrogen-bond donors (Lipinski definition) is 2. The number of fused-ring (bicyclic) bond motifs is 1. The predicted molar refractivity (Wildman–Crippen MR) is 82.7 cm³/mol. The van der Waals surface area contributed by atoms with Gasteiger partial charge in [0.2, 0.25) is 11.8 Å². The van der Waals surface area contributed by atoms with E-state index in [4.69, 9.17) is 0 Å². The van der Waals surface area contributed by atoms with Crippen molar-refractivity contribution in [3.05, 3.63) is 35.7 Å². The van der Waals surface area contributed by atoms with Crippen LogP contribution < -0.4 is 10.2 Å². The minimum absolute atomic E-state index is 0.0457. The van der Waals surface area contributed by atoms with Crippen molar-refractivity contribution in [1.82, 2.24) is 25.9 Å². The monoisotopic (exact) mass is 314 g/mol. The lowest BCUT2D eigenvalue weighted by Gasteiger charge is -2.30. The van der Waals surface area contributed by atoms with Crippen molar-refractivity contribution in [2.75, 3.05) is 18.5 Å². The third-order valence-electron chi connectivity index (χ3n) is 4.01. The van der Waals surface area contributed by atoms with Crippen LogP contribution in [0.5, 0.6) is 0 Å². The zero-order valence-corrected chi connectivity index (χ0v) is 12.8. The normalized spacial score (nSPS) is 17.0. The van der Waals surface area contributed by atoms with Gasteiger partial charge in [-0.3, -0.25) is 9.59 Å². The number of para-hydroxylation sites is 1. The summed E-state index contributed by atoms with van der Waals surface area (Å²) in [7, 11) is 1.74. The summed E-state index contributed by atoms with van der Waals surface area (Å²) < 4.78 is 0. The molecule has 0 bridgehead atoms. The van der Waals surface area contributed by atoms with E-state index in [0.29, 0.717) is 25.2 Å². The highest BCUT2D eigenvalue weighted by Gasteiger charge is 2.33. The van der Waals surface area contributed by atoms with Gasteiger partial charge in [0, 0.05) is 32.1 Å².